The third-order valence-corrected chi connectivity index (χ3v) is 1.77. The molecule has 0 aliphatic carbocycles. The van der Waals surface area contributed by atoms with Crippen LogP contribution in [0.4, 0.5) is 0 Å². The molecule has 0 aromatic carbocycles. The lowest BCUT2D eigenvalue weighted by Gasteiger charge is -2.06. The Morgan fingerprint density at radius 3 is 2.69 bits per heavy atom. The van der Waals surface area contributed by atoms with Gasteiger partial charge in [-0.05, 0) is 12.3 Å². The standard InChI is InChI=1S/C9H18ClNO2/c1-8(2)3-5-13-6-4-11-9(12)7-10/h8H,3-7H2,1-2H3,(H,11,12). The largest absolute Gasteiger partial charge is 0.380 e. The van der Waals surface area contributed by atoms with E-state index in [1.165, 1.54) is 0 Å². The molecule has 0 saturated heterocycles. The number of halogens is 1. The van der Waals surface area contributed by atoms with Crippen LogP contribution in [0.3, 0.4) is 0 Å². The minimum absolute atomic E-state index is 0.0198. The normalized spacial score (nSPS) is 10.5. The first kappa shape index (κ1) is 12.7. The molecule has 0 unspecified atom stereocenters. The van der Waals surface area contributed by atoms with E-state index in [1.807, 2.05) is 0 Å². The van der Waals surface area contributed by atoms with Gasteiger partial charge in [0.25, 0.3) is 0 Å². The first-order valence-electron chi connectivity index (χ1n) is 4.57. The second-order valence-electron chi connectivity index (χ2n) is 3.28. The quantitative estimate of drug-likeness (QED) is 0.507. The zero-order valence-corrected chi connectivity index (χ0v) is 9.06. The van der Waals surface area contributed by atoms with E-state index in [4.69, 9.17) is 16.3 Å². The maximum atomic E-state index is 10.7. The molecule has 3 nitrogen and oxygen atoms in total. The minimum Gasteiger partial charge on any atom is -0.380 e. The lowest BCUT2D eigenvalue weighted by Crippen LogP contribution is -2.28. The van der Waals surface area contributed by atoms with E-state index in [1.54, 1.807) is 0 Å². The molecule has 0 bridgehead atoms. The maximum Gasteiger partial charge on any atom is 0.235 e. The van der Waals surface area contributed by atoms with Gasteiger partial charge in [0.2, 0.25) is 5.91 Å². The third kappa shape index (κ3) is 9.64. The van der Waals surface area contributed by atoms with Crippen LogP contribution in [0.15, 0.2) is 0 Å². The molecule has 4 heteroatoms. The summed E-state index contributed by atoms with van der Waals surface area (Å²) >= 11 is 5.28. The Morgan fingerprint density at radius 2 is 2.15 bits per heavy atom. The molecule has 13 heavy (non-hydrogen) atoms. The highest BCUT2D eigenvalue weighted by Crippen LogP contribution is 1.98. The number of nitrogens with one attached hydrogen (secondary N) is 1. The summed E-state index contributed by atoms with van der Waals surface area (Å²) in [7, 11) is 0. The van der Waals surface area contributed by atoms with Crippen LogP contribution < -0.4 is 5.32 Å². The topological polar surface area (TPSA) is 38.3 Å². The van der Waals surface area contributed by atoms with Crippen molar-refractivity contribution in [3.8, 4) is 0 Å². The van der Waals surface area contributed by atoms with Crippen molar-refractivity contribution >= 4 is 17.5 Å². The van der Waals surface area contributed by atoms with Gasteiger partial charge in [0.1, 0.15) is 5.88 Å². The SMILES string of the molecule is CC(C)CCOCCNC(=O)CCl. The maximum absolute atomic E-state index is 10.7. The van der Waals surface area contributed by atoms with Crippen molar-refractivity contribution in [2.24, 2.45) is 5.92 Å². The average molecular weight is 208 g/mol. The molecule has 0 aromatic rings. The van der Waals surface area contributed by atoms with Crippen LogP contribution in [0.5, 0.6) is 0 Å². The van der Waals surface area contributed by atoms with Crippen LogP contribution in [0, 0.1) is 5.92 Å². The Morgan fingerprint density at radius 1 is 1.46 bits per heavy atom. The molecule has 78 valence electrons. The number of ether oxygens (including phenoxy) is 1. The molecule has 1 amide bonds. The van der Waals surface area contributed by atoms with E-state index >= 15 is 0 Å². The minimum atomic E-state index is -0.144. The van der Waals surface area contributed by atoms with Crippen LogP contribution in [0.2, 0.25) is 0 Å². The third-order valence-electron chi connectivity index (χ3n) is 1.53. The van der Waals surface area contributed by atoms with E-state index in [0.717, 1.165) is 13.0 Å². The predicted molar refractivity (Wildman–Crippen MR) is 54.0 cm³/mol. The molecule has 0 fully saturated rings. The van der Waals surface area contributed by atoms with Gasteiger partial charge in [0.05, 0.1) is 6.61 Å². The number of hydrogen-bond acceptors (Lipinski definition) is 2. The fraction of sp³-hybridized carbons (Fsp3) is 0.889. The second kappa shape index (κ2) is 8.32. The van der Waals surface area contributed by atoms with E-state index in [0.29, 0.717) is 19.1 Å². The van der Waals surface area contributed by atoms with Gasteiger partial charge >= 0.3 is 0 Å². The summed E-state index contributed by atoms with van der Waals surface area (Å²) < 4.78 is 5.28. The molecular weight excluding hydrogens is 190 g/mol. The Labute approximate surface area is 84.8 Å². The lowest BCUT2D eigenvalue weighted by molar-refractivity contribution is -0.118. The monoisotopic (exact) mass is 207 g/mol. The lowest BCUT2D eigenvalue weighted by atomic mass is 10.1. The van der Waals surface area contributed by atoms with Crippen LogP contribution in [-0.4, -0.2) is 31.5 Å². The summed E-state index contributed by atoms with van der Waals surface area (Å²) in [6.07, 6.45) is 1.06. The van der Waals surface area contributed by atoms with Gasteiger partial charge in [-0.1, -0.05) is 13.8 Å². The van der Waals surface area contributed by atoms with Gasteiger partial charge in [-0.3, -0.25) is 4.79 Å². The molecule has 0 spiro atoms. The van der Waals surface area contributed by atoms with E-state index < -0.39 is 0 Å². The van der Waals surface area contributed by atoms with Crippen molar-refractivity contribution in [1.82, 2.24) is 5.32 Å². The van der Waals surface area contributed by atoms with E-state index in [-0.39, 0.29) is 11.8 Å². The van der Waals surface area contributed by atoms with Crippen LogP contribution >= 0.6 is 11.6 Å². The van der Waals surface area contributed by atoms with Gasteiger partial charge < -0.3 is 10.1 Å². The van der Waals surface area contributed by atoms with Crippen molar-refractivity contribution < 1.29 is 9.53 Å². The smallest absolute Gasteiger partial charge is 0.235 e. The molecule has 0 heterocycles. The highest BCUT2D eigenvalue weighted by atomic mass is 35.5. The van der Waals surface area contributed by atoms with Crippen molar-refractivity contribution in [3.63, 3.8) is 0 Å². The zero-order valence-electron chi connectivity index (χ0n) is 8.31. The van der Waals surface area contributed by atoms with Gasteiger partial charge in [-0.25, -0.2) is 0 Å². The number of hydrogen-bond donors (Lipinski definition) is 1. The van der Waals surface area contributed by atoms with Crippen LogP contribution in [-0.2, 0) is 9.53 Å². The van der Waals surface area contributed by atoms with Gasteiger partial charge in [0, 0.05) is 13.2 Å². The second-order valence-corrected chi connectivity index (χ2v) is 3.55. The van der Waals surface area contributed by atoms with E-state index in [2.05, 4.69) is 19.2 Å². The summed E-state index contributed by atoms with van der Waals surface area (Å²) in [6, 6.07) is 0. The van der Waals surface area contributed by atoms with Gasteiger partial charge in [-0.2, -0.15) is 0 Å². The number of carbonyl (C=O) groups excluding carboxylic acids is 1. The summed E-state index contributed by atoms with van der Waals surface area (Å²) in [4.78, 5) is 10.7. The molecule has 1 N–H and O–H groups in total. The number of rotatable bonds is 7. The van der Waals surface area contributed by atoms with E-state index in [9.17, 15) is 4.79 Å². The number of alkyl halides is 1. The molecule has 0 aromatic heterocycles. The Hall–Kier alpha value is -0.280. The predicted octanol–water partition coefficient (Wildman–Crippen LogP) is 1.40. The van der Waals surface area contributed by atoms with Gasteiger partial charge in [-0.15, -0.1) is 11.6 Å². The highest BCUT2D eigenvalue weighted by molar-refractivity contribution is 6.27. The molecule has 0 aliphatic rings. The molecule has 0 rings (SSSR count). The molecule has 0 radical (unpaired) electrons. The molecule has 0 aliphatic heterocycles. The Balaban J connectivity index is 3.04. The summed E-state index contributed by atoms with van der Waals surface area (Å²) in [5.41, 5.74) is 0. The Kier molecular flexibility index (Phi) is 8.14. The fourth-order valence-corrected chi connectivity index (χ4v) is 0.825. The van der Waals surface area contributed by atoms with Crippen LogP contribution in [0.25, 0.3) is 0 Å². The van der Waals surface area contributed by atoms with Crippen molar-refractivity contribution in [1.29, 1.82) is 0 Å². The van der Waals surface area contributed by atoms with Crippen molar-refractivity contribution in [3.05, 3.63) is 0 Å². The molecular formula is C9H18ClNO2. The van der Waals surface area contributed by atoms with Crippen LogP contribution in [0.1, 0.15) is 20.3 Å². The molecule has 0 atom stereocenters. The fourth-order valence-electron chi connectivity index (χ4n) is 0.731. The Bertz CT molecular complexity index is 140. The summed E-state index contributed by atoms with van der Waals surface area (Å²) in [6.45, 7) is 6.17. The highest BCUT2D eigenvalue weighted by Gasteiger charge is 1.97. The first-order chi connectivity index (χ1) is 6.16. The summed E-state index contributed by atoms with van der Waals surface area (Å²) in [5.74, 6) is 0.540. The average Bonchev–Trinajstić information content (AvgIpc) is 2.10. The first-order valence-corrected chi connectivity index (χ1v) is 5.10. The summed E-state index contributed by atoms with van der Waals surface area (Å²) in [5, 5.41) is 2.62. The molecule has 0 saturated carbocycles. The number of amides is 1. The van der Waals surface area contributed by atoms with Gasteiger partial charge in [0.15, 0.2) is 0 Å². The van der Waals surface area contributed by atoms with Crippen molar-refractivity contribution in [2.45, 2.75) is 20.3 Å². The number of carbonyl (C=O) groups is 1. The van der Waals surface area contributed by atoms with Crippen molar-refractivity contribution in [2.75, 3.05) is 25.6 Å². The zero-order chi connectivity index (χ0) is 10.1.